The van der Waals surface area contributed by atoms with Gasteiger partial charge in [0.1, 0.15) is 24.3 Å². The van der Waals surface area contributed by atoms with Crippen LogP contribution in [0.3, 0.4) is 0 Å². The van der Waals surface area contributed by atoms with Gasteiger partial charge in [-0.3, -0.25) is 9.59 Å². The largest absolute Gasteiger partial charge is 0.445 e. The molecular weight excluding hydrogens is 670 g/mol. The zero-order valence-corrected chi connectivity index (χ0v) is 30.3. The second kappa shape index (κ2) is 18.4. The fourth-order valence-corrected chi connectivity index (χ4v) is 5.86. The van der Waals surface area contributed by atoms with Gasteiger partial charge in [0.05, 0.1) is 6.04 Å². The van der Waals surface area contributed by atoms with E-state index in [0.29, 0.717) is 6.42 Å². The van der Waals surface area contributed by atoms with E-state index in [1.165, 1.54) is 0 Å². The third kappa shape index (κ3) is 12.3. The van der Waals surface area contributed by atoms with Gasteiger partial charge in [0.15, 0.2) is 0 Å². The molecular formula is C42H47N5O6. The highest BCUT2D eigenvalue weighted by molar-refractivity contribution is 5.92. The quantitative estimate of drug-likeness (QED) is 0.0899. The fraction of sp³-hybridized carbons (Fsp3) is 0.286. The normalized spacial score (nSPS) is 12.9. The van der Waals surface area contributed by atoms with Crippen molar-refractivity contribution in [1.82, 2.24) is 26.3 Å². The summed E-state index contributed by atoms with van der Waals surface area (Å²) < 4.78 is 11.0. The molecule has 5 N–H and O–H groups in total. The Hall–Kier alpha value is -6.10. The van der Waals surface area contributed by atoms with Crippen LogP contribution in [0.5, 0.6) is 0 Å². The summed E-state index contributed by atoms with van der Waals surface area (Å²) in [5.74, 6) is -1.01. The highest BCUT2D eigenvalue weighted by atomic mass is 16.6. The number of alkyl carbamates (subject to hydrolysis) is 2. The molecule has 3 atom stereocenters. The predicted molar refractivity (Wildman–Crippen MR) is 204 cm³/mol. The van der Waals surface area contributed by atoms with Gasteiger partial charge in [-0.25, -0.2) is 9.59 Å². The molecule has 53 heavy (non-hydrogen) atoms. The molecule has 0 fully saturated rings. The first-order valence-electron chi connectivity index (χ1n) is 17.7. The van der Waals surface area contributed by atoms with Crippen molar-refractivity contribution in [1.29, 1.82) is 0 Å². The van der Waals surface area contributed by atoms with Gasteiger partial charge < -0.3 is 35.7 Å². The average molecular weight is 718 g/mol. The molecule has 5 aromatic rings. The summed E-state index contributed by atoms with van der Waals surface area (Å²) in [6.07, 6.45) is 1.18. The number of carbonyl (C=O) groups excluding carboxylic acids is 4. The lowest BCUT2D eigenvalue weighted by molar-refractivity contribution is -0.130. The molecule has 0 saturated heterocycles. The number of hydrogen-bond acceptors (Lipinski definition) is 6. The highest BCUT2D eigenvalue weighted by Crippen LogP contribution is 2.20. The number of H-pyrrole nitrogens is 1. The van der Waals surface area contributed by atoms with Gasteiger partial charge in [-0.15, -0.1) is 0 Å². The van der Waals surface area contributed by atoms with E-state index in [1.54, 1.807) is 27.0 Å². The van der Waals surface area contributed by atoms with E-state index >= 15 is 0 Å². The van der Waals surface area contributed by atoms with Crippen molar-refractivity contribution in [2.45, 2.75) is 70.4 Å². The second-order valence-electron chi connectivity index (χ2n) is 13.9. The number of rotatable bonds is 15. The maximum atomic E-state index is 14.1. The van der Waals surface area contributed by atoms with Crippen LogP contribution in [0.2, 0.25) is 0 Å². The van der Waals surface area contributed by atoms with E-state index in [0.717, 1.165) is 33.2 Å². The molecule has 5 rings (SSSR count). The summed E-state index contributed by atoms with van der Waals surface area (Å²) >= 11 is 0. The first-order chi connectivity index (χ1) is 25.5. The van der Waals surface area contributed by atoms with Gasteiger partial charge in [0.25, 0.3) is 0 Å². The minimum atomic E-state index is -1.08. The van der Waals surface area contributed by atoms with Crippen LogP contribution in [-0.2, 0) is 44.9 Å². The van der Waals surface area contributed by atoms with E-state index in [-0.39, 0.29) is 26.0 Å². The SMILES string of the molecule is CC(C)(C)OC(=O)N[C@@H](CNC(=O)[C@H](Cc1ccccc1)NC(=O)[C@H](Cc1c[nH]c2ccccc12)NC(=O)OCc1ccccc1)Cc1ccccc1. The number of nitrogens with one attached hydrogen (secondary N) is 5. The number of hydrogen-bond donors (Lipinski definition) is 5. The Balaban J connectivity index is 1.34. The Morgan fingerprint density at radius 3 is 1.83 bits per heavy atom. The van der Waals surface area contributed by atoms with Crippen LogP contribution in [0.4, 0.5) is 9.59 Å². The summed E-state index contributed by atoms with van der Waals surface area (Å²) in [6.45, 7) is 5.43. The molecule has 0 aliphatic rings. The van der Waals surface area contributed by atoms with Crippen molar-refractivity contribution in [3.05, 3.63) is 144 Å². The Bertz CT molecular complexity index is 1940. The number of aromatic amines is 1. The summed E-state index contributed by atoms with van der Waals surface area (Å²) in [5, 5.41) is 12.4. The highest BCUT2D eigenvalue weighted by Gasteiger charge is 2.29. The molecule has 0 aliphatic carbocycles. The number of amides is 4. The van der Waals surface area contributed by atoms with Gasteiger partial charge in [0.2, 0.25) is 11.8 Å². The molecule has 0 spiro atoms. The summed E-state index contributed by atoms with van der Waals surface area (Å²) in [6, 6.07) is 33.2. The molecule has 0 aliphatic heterocycles. The molecule has 4 aromatic carbocycles. The maximum absolute atomic E-state index is 14.1. The van der Waals surface area contributed by atoms with Crippen LogP contribution >= 0.6 is 0 Å². The molecule has 0 saturated carbocycles. The number of para-hydroxylation sites is 1. The predicted octanol–water partition coefficient (Wildman–Crippen LogP) is 5.99. The van der Waals surface area contributed by atoms with E-state index in [2.05, 4.69) is 26.3 Å². The second-order valence-corrected chi connectivity index (χ2v) is 13.9. The third-order valence-electron chi connectivity index (χ3n) is 8.40. The van der Waals surface area contributed by atoms with Crippen LogP contribution < -0.4 is 21.3 Å². The molecule has 0 unspecified atom stereocenters. The monoisotopic (exact) mass is 717 g/mol. The van der Waals surface area contributed by atoms with Crippen LogP contribution in [0.25, 0.3) is 10.9 Å². The number of benzene rings is 4. The number of aromatic nitrogens is 1. The molecule has 11 nitrogen and oxygen atoms in total. The smallest absolute Gasteiger partial charge is 0.408 e. The van der Waals surface area contributed by atoms with Gasteiger partial charge in [-0.2, -0.15) is 0 Å². The van der Waals surface area contributed by atoms with Crippen molar-refractivity contribution in [3.63, 3.8) is 0 Å². The van der Waals surface area contributed by atoms with Crippen molar-refractivity contribution in [2.75, 3.05) is 6.54 Å². The van der Waals surface area contributed by atoms with E-state index in [1.807, 2.05) is 115 Å². The standard InChI is InChI=1S/C42H47N5O6/c1-42(2,3)53-41(51)45-33(23-29-15-7-4-8-16-29)27-44-38(48)36(24-30-17-9-5-10-18-30)46-39(49)37(25-32-26-43-35-22-14-13-21-34(32)35)47-40(50)52-28-31-19-11-6-12-20-31/h4-22,26,33,36-37,43H,23-25,27-28H2,1-3H3,(H,44,48)(H,45,51)(H,46,49)(H,47,50)/t33-,36+,37+/m1/s1. The van der Waals surface area contributed by atoms with Gasteiger partial charge in [0, 0.05) is 36.5 Å². The van der Waals surface area contributed by atoms with Gasteiger partial charge >= 0.3 is 12.2 Å². The van der Waals surface area contributed by atoms with E-state index in [4.69, 9.17) is 9.47 Å². The molecule has 0 radical (unpaired) electrons. The third-order valence-corrected chi connectivity index (χ3v) is 8.40. The van der Waals surface area contributed by atoms with Gasteiger partial charge in [-0.1, -0.05) is 109 Å². The molecule has 4 amide bonds. The van der Waals surface area contributed by atoms with Crippen molar-refractivity contribution in [2.24, 2.45) is 0 Å². The van der Waals surface area contributed by atoms with Crippen LogP contribution in [-0.4, -0.2) is 59.3 Å². The summed E-state index contributed by atoms with van der Waals surface area (Å²) in [4.78, 5) is 57.2. The minimum Gasteiger partial charge on any atom is -0.445 e. The Kier molecular flexibility index (Phi) is 13.2. The lowest BCUT2D eigenvalue weighted by atomic mass is 10.0. The van der Waals surface area contributed by atoms with E-state index in [9.17, 15) is 19.2 Å². The topological polar surface area (TPSA) is 151 Å². The Labute approximate surface area is 309 Å². The molecule has 0 bridgehead atoms. The van der Waals surface area contributed by atoms with Crippen LogP contribution in [0.15, 0.2) is 121 Å². The lowest BCUT2D eigenvalue weighted by Crippen LogP contribution is -2.56. The van der Waals surface area contributed by atoms with Crippen molar-refractivity contribution >= 4 is 34.9 Å². The van der Waals surface area contributed by atoms with Crippen LogP contribution in [0, 0.1) is 0 Å². The molecule has 1 heterocycles. The van der Waals surface area contributed by atoms with Gasteiger partial charge in [-0.05, 0) is 55.5 Å². The molecule has 11 heteroatoms. The van der Waals surface area contributed by atoms with Crippen molar-refractivity contribution < 1.29 is 28.7 Å². The average Bonchev–Trinajstić information content (AvgIpc) is 3.55. The number of carbonyl (C=O) groups is 4. The first kappa shape index (κ1) is 38.1. The molecule has 276 valence electrons. The van der Waals surface area contributed by atoms with Crippen LogP contribution in [0.1, 0.15) is 43.0 Å². The number of fused-ring (bicyclic) bond motifs is 1. The molecule has 1 aromatic heterocycles. The number of ether oxygens (including phenoxy) is 2. The minimum absolute atomic E-state index is 0.0224. The van der Waals surface area contributed by atoms with Crippen molar-refractivity contribution in [3.8, 4) is 0 Å². The fourth-order valence-electron chi connectivity index (χ4n) is 5.86. The zero-order chi connectivity index (χ0) is 37.6. The summed E-state index contributed by atoms with van der Waals surface area (Å²) in [7, 11) is 0. The zero-order valence-electron chi connectivity index (χ0n) is 30.3. The Morgan fingerprint density at radius 2 is 1.19 bits per heavy atom. The maximum Gasteiger partial charge on any atom is 0.408 e. The lowest BCUT2D eigenvalue weighted by Gasteiger charge is -2.26. The van der Waals surface area contributed by atoms with E-state index < -0.39 is 47.7 Å². The Morgan fingerprint density at radius 1 is 0.623 bits per heavy atom. The summed E-state index contributed by atoms with van der Waals surface area (Å²) in [5.41, 5.74) is 3.57. The first-order valence-corrected chi connectivity index (χ1v) is 17.7.